The molecule has 0 spiro atoms. The Morgan fingerprint density at radius 3 is 1.50 bits per heavy atom. The van der Waals surface area contributed by atoms with Gasteiger partial charge >= 0.3 is 0 Å². The largest absolute Gasteiger partial charge is 0.269 e. The molecule has 0 fully saturated rings. The lowest BCUT2D eigenvalue weighted by Crippen LogP contribution is -2.33. The minimum absolute atomic E-state index is 0.111. The molecular weight excluding hydrogens is 413 g/mol. The Kier molecular flexibility index (Phi) is 6.58. The molecule has 32 heavy (non-hydrogen) atoms. The lowest BCUT2D eigenvalue weighted by atomic mass is 10.1. The Hall–Kier alpha value is -3.55. The van der Waals surface area contributed by atoms with Gasteiger partial charge in [-0.3, -0.25) is 10.1 Å². The fraction of sp³-hybridized carbons (Fsp3) is 0.0714. The molecule has 3 nitrogen and oxygen atoms in total. The van der Waals surface area contributed by atoms with E-state index in [1.54, 1.807) is 12.1 Å². The van der Waals surface area contributed by atoms with Crippen molar-refractivity contribution in [2.24, 2.45) is 0 Å². The molecule has 0 amide bonds. The van der Waals surface area contributed by atoms with Crippen molar-refractivity contribution in [3.8, 4) is 0 Å². The highest BCUT2D eigenvalue weighted by atomic mass is 31.2. The summed E-state index contributed by atoms with van der Waals surface area (Å²) in [6.45, 7) is 2.16. The highest BCUT2D eigenvalue weighted by molar-refractivity contribution is 7.95. The van der Waals surface area contributed by atoms with Gasteiger partial charge in [0.2, 0.25) is 0 Å². The van der Waals surface area contributed by atoms with E-state index in [1.807, 2.05) is 12.1 Å². The number of hydrogen-bond acceptors (Lipinski definition) is 2. The van der Waals surface area contributed by atoms with Crippen LogP contribution >= 0.6 is 7.26 Å². The third-order valence-electron chi connectivity index (χ3n) is 5.59. The molecular formula is C28H25NO2P+. The summed E-state index contributed by atoms with van der Waals surface area (Å²) in [7, 11) is -1.95. The molecule has 4 rings (SSSR count). The van der Waals surface area contributed by atoms with Crippen LogP contribution in [0.5, 0.6) is 0 Å². The first-order valence-electron chi connectivity index (χ1n) is 10.6. The lowest BCUT2D eigenvalue weighted by Gasteiger charge is -2.28. The average Bonchev–Trinajstić information content (AvgIpc) is 2.84. The summed E-state index contributed by atoms with van der Waals surface area (Å²) in [5.41, 5.74) is 2.32. The average molecular weight is 438 g/mol. The van der Waals surface area contributed by atoms with Crippen molar-refractivity contribution in [3.63, 3.8) is 0 Å². The third-order valence-corrected chi connectivity index (χ3v) is 10.1. The molecule has 0 aromatic heterocycles. The van der Waals surface area contributed by atoms with Crippen LogP contribution in [0.15, 0.2) is 121 Å². The maximum atomic E-state index is 11.0. The normalized spacial score (nSPS) is 11.8. The SMILES string of the molecule is C/C(=C\c1ccc([N+](=O)[O-])cc1)C[P+](c1ccccc1)(c1ccccc1)c1ccccc1. The second-order valence-corrected chi connectivity index (χ2v) is 11.3. The Bertz CT molecular complexity index is 1110. The number of nitrogens with zero attached hydrogens (tertiary/aromatic N) is 1. The summed E-state index contributed by atoms with van der Waals surface area (Å²) in [6, 6.07) is 39.1. The van der Waals surface area contributed by atoms with Crippen molar-refractivity contribution in [1.29, 1.82) is 0 Å². The number of allylic oxidation sites excluding steroid dienone is 1. The molecule has 0 saturated heterocycles. The van der Waals surface area contributed by atoms with Gasteiger partial charge in [0.1, 0.15) is 23.2 Å². The first-order chi connectivity index (χ1) is 15.6. The molecule has 0 N–H and O–H groups in total. The number of rotatable bonds is 7. The second kappa shape index (κ2) is 9.72. The topological polar surface area (TPSA) is 43.1 Å². The van der Waals surface area contributed by atoms with E-state index in [-0.39, 0.29) is 10.6 Å². The molecule has 4 aromatic carbocycles. The van der Waals surface area contributed by atoms with Gasteiger partial charge in [-0.15, -0.1) is 0 Å². The highest BCUT2D eigenvalue weighted by Gasteiger charge is 2.45. The Balaban J connectivity index is 1.85. The molecule has 0 aliphatic carbocycles. The lowest BCUT2D eigenvalue weighted by molar-refractivity contribution is -0.384. The van der Waals surface area contributed by atoms with Crippen molar-refractivity contribution in [3.05, 3.63) is 137 Å². The van der Waals surface area contributed by atoms with Crippen LogP contribution in [0, 0.1) is 10.1 Å². The number of hydrogen-bond donors (Lipinski definition) is 0. The predicted molar refractivity (Wildman–Crippen MR) is 137 cm³/mol. The van der Waals surface area contributed by atoms with Gasteiger partial charge in [-0.05, 0) is 66.6 Å². The van der Waals surface area contributed by atoms with Crippen LogP contribution in [-0.2, 0) is 0 Å². The fourth-order valence-electron chi connectivity index (χ4n) is 4.17. The van der Waals surface area contributed by atoms with Crippen LogP contribution in [0.1, 0.15) is 12.5 Å². The van der Waals surface area contributed by atoms with E-state index >= 15 is 0 Å². The molecule has 0 atom stereocenters. The van der Waals surface area contributed by atoms with Gasteiger partial charge in [0.05, 0.1) is 11.1 Å². The van der Waals surface area contributed by atoms with Gasteiger partial charge in [0.15, 0.2) is 0 Å². The molecule has 0 aliphatic rings. The Morgan fingerprint density at radius 2 is 1.12 bits per heavy atom. The molecule has 4 aromatic rings. The third kappa shape index (κ3) is 4.54. The standard InChI is InChI=1S/C28H25NO2P/c1-23(21-24-17-19-25(20-18-24)29(30)31)22-32(26-11-5-2-6-12-26,27-13-7-3-8-14-27)28-15-9-4-10-16-28/h2-21H,22H2,1H3/q+1/b23-21+. The maximum Gasteiger partial charge on any atom is 0.269 e. The quantitative estimate of drug-likeness (QED) is 0.202. The summed E-state index contributed by atoms with van der Waals surface area (Å²) < 4.78 is 0. The van der Waals surface area contributed by atoms with E-state index in [2.05, 4.69) is 104 Å². The molecule has 0 radical (unpaired) electrons. The van der Waals surface area contributed by atoms with Gasteiger partial charge in [0, 0.05) is 12.1 Å². The van der Waals surface area contributed by atoms with E-state index < -0.39 is 7.26 Å². The van der Waals surface area contributed by atoms with E-state index in [4.69, 9.17) is 0 Å². The molecule has 0 heterocycles. The van der Waals surface area contributed by atoms with Crippen LogP contribution in [0.25, 0.3) is 6.08 Å². The van der Waals surface area contributed by atoms with Crippen molar-refractivity contribution >= 4 is 34.9 Å². The van der Waals surface area contributed by atoms with E-state index in [1.165, 1.54) is 21.5 Å². The highest BCUT2D eigenvalue weighted by Crippen LogP contribution is 2.56. The van der Waals surface area contributed by atoms with Gasteiger partial charge in [-0.2, -0.15) is 0 Å². The first-order valence-corrected chi connectivity index (χ1v) is 12.5. The van der Waals surface area contributed by atoms with E-state index in [0.717, 1.165) is 11.7 Å². The van der Waals surface area contributed by atoms with Crippen molar-refractivity contribution in [2.45, 2.75) is 6.92 Å². The molecule has 4 heteroatoms. The zero-order valence-corrected chi connectivity index (χ0v) is 18.9. The molecule has 0 saturated carbocycles. The zero-order chi connectivity index (χ0) is 22.4. The Labute approximate surface area is 189 Å². The van der Waals surface area contributed by atoms with Gasteiger partial charge in [0.25, 0.3) is 5.69 Å². The summed E-state index contributed by atoms with van der Waals surface area (Å²) in [5.74, 6) is 0. The smallest absolute Gasteiger partial charge is 0.258 e. The van der Waals surface area contributed by atoms with Crippen molar-refractivity contribution < 1.29 is 4.92 Å². The van der Waals surface area contributed by atoms with Crippen LogP contribution in [0.4, 0.5) is 5.69 Å². The second-order valence-electron chi connectivity index (χ2n) is 7.81. The minimum atomic E-state index is -1.95. The van der Waals surface area contributed by atoms with Crippen LogP contribution in [0.3, 0.4) is 0 Å². The molecule has 0 unspecified atom stereocenters. The molecule has 0 bridgehead atoms. The molecule has 0 aliphatic heterocycles. The van der Waals surface area contributed by atoms with Crippen LogP contribution < -0.4 is 15.9 Å². The number of nitro groups is 1. The van der Waals surface area contributed by atoms with E-state index in [9.17, 15) is 10.1 Å². The predicted octanol–water partition coefficient (Wildman–Crippen LogP) is 5.99. The summed E-state index contributed by atoms with van der Waals surface area (Å²) in [4.78, 5) is 10.6. The number of non-ortho nitro benzene ring substituents is 1. The monoisotopic (exact) mass is 438 g/mol. The van der Waals surface area contributed by atoms with Crippen LogP contribution in [-0.4, -0.2) is 11.1 Å². The van der Waals surface area contributed by atoms with Crippen LogP contribution in [0.2, 0.25) is 0 Å². The maximum absolute atomic E-state index is 11.0. The van der Waals surface area contributed by atoms with Gasteiger partial charge in [-0.1, -0.05) is 60.7 Å². The number of benzene rings is 4. The Morgan fingerprint density at radius 1 is 0.719 bits per heavy atom. The summed E-state index contributed by atoms with van der Waals surface area (Å²) >= 11 is 0. The van der Waals surface area contributed by atoms with Gasteiger partial charge < -0.3 is 0 Å². The fourth-order valence-corrected chi connectivity index (χ4v) is 8.49. The first kappa shape index (κ1) is 21.7. The summed E-state index contributed by atoms with van der Waals surface area (Å²) in [5, 5.41) is 15.0. The van der Waals surface area contributed by atoms with Crippen molar-refractivity contribution in [2.75, 3.05) is 6.16 Å². The number of nitro benzene ring substituents is 1. The molecule has 158 valence electrons. The zero-order valence-electron chi connectivity index (χ0n) is 18.0. The van der Waals surface area contributed by atoms with Gasteiger partial charge in [-0.25, -0.2) is 0 Å². The summed E-state index contributed by atoms with van der Waals surface area (Å²) in [6.07, 6.45) is 3.04. The van der Waals surface area contributed by atoms with Crippen molar-refractivity contribution in [1.82, 2.24) is 0 Å². The minimum Gasteiger partial charge on any atom is -0.258 e. The van der Waals surface area contributed by atoms with E-state index in [0.29, 0.717) is 0 Å².